The Bertz CT molecular complexity index is 886. The van der Waals surface area contributed by atoms with Crippen molar-refractivity contribution in [2.75, 3.05) is 6.54 Å². The molecule has 150 valence electrons. The fourth-order valence-electron chi connectivity index (χ4n) is 5.06. The van der Waals surface area contributed by atoms with Crippen molar-refractivity contribution in [3.63, 3.8) is 0 Å². The van der Waals surface area contributed by atoms with E-state index in [0.29, 0.717) is 17.4 Å². The van der Waals surface area contributed by atoms with Gasteiger partial charge in [0.05, 0.1) is 23.1 Å². The normalized spacial score (nSPS) is 27.5. The minimum atomic E-state index is -3.76. The SMILES string of the molecule is C[C@@H](NC(=O)CN(C1CC1)S(=O)(=O)c1ccc(C#N)cc1)[C@@H]1C[C@@H]2CC[C@@H]1C2. The van der Waals surface area contributed by atoms with Crippen molar-refractivity contribution in [3.8, 4) is 6.07 Å². The zero-order valence-electron chi connectivity index (χ0n) is 16.2. The maximum absolute atomic E-state index is 13.1. The van der Waals surface area contributed by atoms with Gasteiger partial charge in [0.15, 0.2) is 0 Å². The number of sulfonamides is 1. The molecule has 1 aromatic rings. The molecule has 1 amide bonds. The molecule has 28 heavy (non-hydrogen) atoms. The minimum Gasteiger partial charge on any atom is -0.352 e. The number of nitrogens with zero attached hydrogens (tertiary/aromatic N) is 2. The monoisotopic (exact) mass is 401 g/mol. The maximum atomic E-state index is 13.1. The van der Waals surface area contributed by atoms with Crippen LogP contribution in [0.4, 0.5) is 0 Å². The Labute approximate surface area is 167 Å². The number of amides is 1. The summed E-state index contributed by atoms with van der Waals surface area (Å²) in [6.45, 7) is 1.91. The molecule has 3 saturated carbocycles. The van der Waals surface area contributed by atoms with Gasteiger partial charge in [0.25, 0.3) is 0 Å². The summed E-state index contributed by atoms with van der Waals surface area (Å²) in [6.07, 6.45) is 6.61. The summed E-state index contributed by atoms with van der Waals surface area (Å²) < 4.78 is 27.4. The van der Waals surface area contributed by atoms with Crippen molar-refractivity contribution in [1.82, 2.24) is 9.62 Å². The lowest BCUT2D eigenvalue weighted by Gasteiger charge is -2.29. The summed E-state index contributed by atoms with van der Waals surface area (Å²) in [5, 5.41) is 12.0. The van der Waals surface area contributed by atoms with E-state index >= 15 is 0 Å². The molecule has 6 nitrogen and oxygen atoms in total. The van der Waals surface area contributed by atoms with Crippen LogP contribution in [-0.4, -0.2) is 37.3 Å². The number of benzene rings is 1. The molecule has 4 atom stereocenters. The molecule has 7 heteroatoms. The van der Waals surface area contributed by atoms with Gasteiger partial charge in [-0.3, -0.25) is 4.79 Å². The van der Waals surface area contributed by atoms with Crippen molar-refractivity contribution in [3.05, 3.63) is 29.8 Å². The van der Waals surface area contributed by atoms with Crippen LogP contribution in [0, 0.1) is 29.1 Å². The second-order valence-corrected chi connectivity index (χ2v) is 10.5. The number of hydrogen-bond acceptors (Lipinski definition) is 4. The molecule has 0 saturated heterocycles. The number of nitriles is 1. The van der Waals surface area contributed by atoms with Gasteiger partial charge in [-0.1, -0.05) is 6.42 Å². The van der Waals surface area contributed by atoms with E-state index in [9.17, 15) is 13.2 Å². The molecule has 4 rings (SSSR count). The first-order chi connectivity index (χ1) is 13.4. The molecule has 0 aliphatic heterocycles. The Kier molecular flexibility index (Phi) is 5.19. The number of carbonyl (C=O) groups is 1. The van der Waals surface area contributed by atoms with Crippen LogP contribution in [0.5, 0.6) is 0 Å². The van der Waals surface area contributed by atoms with Gasteiger partial charge in [0, 0.05) is 12.1 Å². The van der Waals surface area contributed by atoms with Gasteiger partial charge in [-0.2, -0.15) is 9.57 Å². The van der Waals surface area contributed by atoms with Crippen molar-refractivity contribution < 1.29 is 13.2 Å². The predicted molar refractivity (Wildman–Crippen MR) is 105 cm³/mol. The Morgan fingerprint density at radius 3 is 2.46 bits per heavy atom. The summed E-state index contributed by atoms with van der Waals surface area (Å²) in [7, 11) is -3.76. The lowest BCUT2D eigenvalue weighted by Crippen LogP contribution is -2.47. The van der Waals surface area contributed by atoms with Gasteiger partial charge in [0.2, 0.25) is 15.9 Å². The summed E-state index contributed by atoms with van der Waals surface area (Å²) in [5.41, 5.74) is 0.411. The zero-order valence-corrected chi connectivity index (χ0v) is 17.0. The van der Waals surface area contributed by atoms with E-state index in [-0.39, 0.29) is 29.4 Å². The van der Waals surface area contributed by atoms with E-state index in [1.165, 1.54) is 54.3 Å². The van der Waals surface area contributed by atoms with Crippen LogP contribution >= 0.6 is 0 Å². The quantitative estimate of drug-likeness (QED) is 0.760. The topological polar surface area (TPSA) is 90.3 Å². The lowest BCUT2D eigenvalue weighted by molar-refractivity contribution is -0.122. The molecule has 0 spiro atoms. The first-order valence-electron chi connectivity index (χ1n) is 10.2. The van der Waals surface area contributed by atoms with Crippen LogP contribution in [0.25, 0.3) is 0 Å². The first-order valence-corrected chi connectivity index (χ1v) is 11.6. The highest BCUT2D eigenvalue weighted by atomic mass is 32.2. The third kappa shape index (κ3) is 3.81. The Morgan fingerprint density at radius 1 is 1.21 bits per heavy atom. The molecular weight excluding hydrogens is 374 g/mol. The molecule has 3 aliphatic rings. The molecule has 0 aromatic heterocycles. The third-order valence-electron chi connectivity index (χ3n) is 6.67. The summed E-state index contributed by atoms with van der Waals surface area (Å²) in [6, 6.07) is 7.84. The van der Waals surface area contributed by atoms with E-state index in [1.54, 1.807) is 0 Å². The summed E-state index contributed by atoms with van der Waals surface area (Å²) >= 11 is 0. The molecule has 0 radical (unpaired) electrons. The molecule has 0 heterocycles. The highest BCUT2D eigenvalue weighted by Gasteiger charge is 2.43. The molecule has 3 fully saturated rings. The average Bonchev–Trinajstić information content (AvgIpc) is 3.29. The van der Waals surface area contributed by atoms with Crippen LogP contribution in [0.1, 0.15) is 51.0 Å². The first kappa shape index (κ1) is 19.4. The van der Waals surface area contributed by atoms with E-state index in [0.717, 1.165) is 18.8 Å². The Morgan fingerprint density at radius 2 is 1.93 bits per heavy atom. The third-order valence-corrected chi connectivity index (χ3v) is 8.58. The summed E-state index contributed by atoms with van der Waals surface area (Å²) in [4.78, 5) is 12.8. The number of rotatable bonds is 7. The number of fused-ring (bicyclic) bond motifs is 2. The van der Waals surface area contributed by atoms with Gasteiger partial charge in [-0.25, -0.2) is 8.42 Å². The molecular formula is C21H27N3O3S. The van der Waals surface area contributed by atoms with Crippen molar-refractivity contribution in [2.45, 2.75) is 62.4 Å². The van der Waals surface area contributed by atoms with Crippen LogP contribution in [0.3, 0.4) is 0 Å². The molecule has 0 unspecified atom stereocenters. The van der Waals surface area contributed by atoms with Crippen LogP contribution < -0.4 is 5.32 Å². The minimum absolute atomic E-state index is 0.0847. The summed E-state index contributed by atoms with van der Waals surface area (Å²) in [5.74, 6) is 1.82. The molecule has 3 aliphatic carbocycles. The van der Waals surface area contributed by atoms with E-state index in [2.05, 4.69) is 12.2 Å². The smallest absolute Gasteiger partial charge is 0.243 e. The fraction of sp³-hybridized carbons (Fsp3) is 0.619. The van der Waals surface area contributed by atoms with Crippen molar-refractivity contribution >= 4 is 15.9 Å². The largest absolute Gasteiger partial charge is 0.352 e. The van der Waals surface area contributed by atoms with Gasteiger partial charge in [0.1, 0.15) is 0 Å². The van der Waals surface area contributed by atoms with Crippen LogP contribution in [0.2, 0.25) is 0 Å². The van der Waals surface area contributed by atoms with Crippen molar-refractivity contribution in [1.29, 1.82) is 5.26 Å². The second-order valence-electron chi connectivity index (χ2n) is 8.61. The number of carbonyl (C=O) groups excluding carboxylic acids is 1. The molecule has 2 bridgehead atoms. The van der Waals surface area contributed by atoms with E-state index in [4.69, 9.17) is 5.26 Å². The average molecular weight is 402 g/mol. The predicted octanol–water partition coefficient (Wildman–Crippen LogP) is 2.65. The Hall–Kier alpha value is -1.91. The van der Waals surface area contributed by atoms with E-state index < -0.39 is 10.0 Å². The lowest BCUT2D eigenvalue weighted by atomic mass is 9.84. The van der Waals surface area contributed by atoms with Gasteiger partial charge < -0.3 is 5.32 Å². The highest BCUT2D eigenvalue weighted by Crippen LogP contribution is 2.49. The highest BCUT2D eigenvalue weighted by molar-refractivity contribution is 7.89. The standard InChI is InChI=1S/C21H27N3O3S/c1-14(20-11-16-2-5-17(20)10-16)23-21(25)13-24(18-6-7-18)28(26,27)19-8-3-15(12-22)4-9-19/h3-4,8-9,14,16-18,20H,2,5-7,10-11,13H2,1H3,(H,23,25)/t14-,16-,17-,20+/m1/s1. The van der Waals surface area contributed by atoms with E-state index in [1.807, 2.05) is 6.07 Å². The number of nitrogens with one attached hydrogen (secondary N) is 1. The van der Waals surface area contributed by atoms with Gasteiger partial charge in [-0.05, 0) is 81.0 Å². The second kappa shape index (κ2) is 7.49. The molecule has 1 N–H and O–H groups in total. The maximum Gasteiger partial charge on any atom is 0.243 e. The van der Waals surface area contributed by atoms with Gasteiger partial charge >= 0.3 is 0 Å². The van der Waals surface area contributed by atoms with Crippen LogP contribution in [0.15, 0.2) is 29.2 Å². The van der Waals surface area contributed by atoms with Crippen molar-refractivity contribution in [2.24, 2.45) is 17.8 Å². The number of hydrogen-bond donors (Lipinski definition) is 1. The van der Waals surface area contributed by atoms with Gasteiger partial charge in [-0.15, -0.1) is 0 Å². The van der Waals surface area contributed by atoms with Crippen LogP contribution in [-0.2, 0) is 14.8 Å². The Balaban J connectivity index is 1.43. The molecule has 1 aromatic carbocycles. The zero-order chi connectivity index (χ0) is 19.9. The fourth-order valence-corrected chi connectivity index (χ4v) is 6.71.